The van der Waals surface area contributed by atoms with E-state index in [1.165, 1.54) is 11.4 Å². The Hall–Kier alpha value is -1.47. The Kier molecular flexibility index (Phi) is 6.95. The molecule has 1 amide bonds. The van der Waals surface area contributed by atoms with Crippen LogP contribution in [-0.2, 0) is 14.8 Å². The van der Waals surface area contributed by atoms with Crippen LogP contribution >= 0.6 is 11.6 Å². The van der Waals surface area contributed by atoms with Gasteiger partial charge in [-0.2, -0.15) is 0 Å². The van der Waals surface area contributed by atoms with Gasteiger partial charge in [0.2, 0.25) is 15.9 Å². The number of benzene rings is 1. The van der Waals surface area contributed by atoms with E-state index in [1.807, 2.05) is 0 Å². The number of ether oxygens (including phenoxy) is 1. The number of halogens is 1. The highest BCUT2D eigenvalue weighted by Crippen LogP contribution is 2.30. The summed E-state index contributed by atoms with van der Waals surface area (Å²) >= 11 is 6.09. The van der Waals surface area contributed by atoms with Gasteiger partial charge in [0.25, 0.3) is 0 Å². The molecule has 6 nitrogen and oxygen atoms in total. The number of carbonyl (C=O) groups excluding carboxylic acids is 1. The highest BCUT2D eigenvalue weighted by Gasteiger charge is 2.20. The third-order valence-electron chi connectivity index (χ3n) is 4.31. The molecule has 1 fully saturated rings. The number of nitrogens with zero attached hydrogens (tertiary/aromatic N) is 1. The van der Waals surface area contributed by atoms with E-state index < -0.39 is 10.0 Å². The van der Waals surface area contributed by atoms with Crippen molar-refractivity contribution in [3.63, 3.8) is 0 Å². The molecule has 1 aromatic carbocycles. The largest absolute Gasteiger partial charge is 0.495 e. The SMILES string of the molecule is COc1ccc(N(CCCC(=O)NC2CCCC2)S(C)(=O)=O)cc1Cl. The molecule has 0 radical (unpaired) electrons. The van der Waals surface area contributed by atoms with Crippen LogP contribution in [0.4, 0.5) is 5.69 Å². The molecule has 25 heavy (non-hydrogen) atoms. The van der Waals surface area contributed by atoms with Crippen molar-refractivity contribution in [3.05, 3.63) is 23.2 Å². The summed E-state index contributed by atoms with van der Waals surface area (Å²) in [5.41, 5.74) is 0.463. The minimum absolute atomic E-state index is 0.0203. The zero-order valence-electron chi connectivity index (χ0n) is 14.6. The summed E-state index contributed by atoms with van der Waals surface area (Å²) in [6, 6.07) is 5.10. The number of methoxy groups -OCH3 is 1. The first-order chi connectivity index (χ1) is 11.8. The number of rotatable bonds is 8. The van der Waals surface area contributed by atoms with Crippen LogP contribution in [0.1, 0.15) is 38.5 Å². The third kappa shape index (κ3) is 5.78. The van der Waals surface area contributed by atoms with Crippen molar-refractivity contribution in [2.45, 2.75) is 44.6 Å². The lowest BCUT2D eigenvalue weighted by atomic mass is 10.2. The number of hydrogen-bond acceptors (Lipinski definition) is 4. The van der Waals surface area contributed by atoms with Crippen LogP contribution in [-0.4, -0.2) is 40.3 Å². The minimum Gasteiger partial charge on any atom is -0.495 e. The van der Waals surface area contributed by atoms with Gasteiger partial charge in [-0.3, -0.25) is 9.10 Å². The molecule has 1 saturated carbocycles. The summed E-state index contributed by atoms with van der Waals surface area (Å²) in [6.07, 6.45) is 6.26. The van der Waals surface area contributed by atoms with Gasteiger partial charge >= 0.3 is 0 Å². The van der Waals surface area contributed by atoms with Crippen LogP contribution in [0.2, 0.25) is 5.02 Å². The molecule has 1 N–H and O–H groups in total. The highest BCUT2D eigenvalue weighted by atomic mass is 35.5. The molecule has 0 heterocycles. The van der Waals surface area contributed by atoms with E-state index in [2.05, 4.69) is 5.32 Å². The maximum atomic E-state index is 12.1. The molecule has 0 bridgehead atoms. The maximum Gasteiger partial charge on any atom is 0.232 e. The summed E-state index contributed by atoms with van der Waals surface area (Å²) in [6.45, 7) is 0.222. The Morgan fingerprint density at radius 2 is 2.04 bits per heavy atom. The molecular formula is C17H25ClN2O4S. The number of carbonyl (C=O) groups is 1. The fourth-order valence-corrected chi connectivity index (χ4v) is 4.26. The Labute approximate surface area is 154 Å². The van der Waals surface area contributed by atoms with Crippen molar-refractivity contribution in [2.24, 2.45) is 0 Å². The topological polar surface area (TPSA) is 75.7 Å². The van der Waals surface area contributed by atoms with Gasteiger partial charge in [0.15, 0.2) is 0 Å². The molecule has 0 aliphatic heterocycles. The highest BCUT2D eigenvalue weighted by molar-refractivity contribution is 7.92. The van der Waals surface area contributed by atoms with Crippen molar-refractivity contribution in [2.75, 3.05) is 24.2 Å². The van der Waals surface area contributed by atoms with Crippen LogP contribution in [0.25, 0.3) is 0 Å². The first-order valence-corrected chi connectivity index (χ1v) is 10.6. The zero-order chi connectivity index (χ0) is 18.4. The molecule has 8 heteroatoms. The zero-order valence-corrected chi connectivity index (χ0v) is 16.2. The summed E-state index contributed by atoms with van der Waals surface area (Å²) < 4.78 is 30.6. The fourth-order valence-electron chi connectivity index (χ4n) is 3.05. The molecule has 140 valence electrons. The predicted molar refractivity (Wildman–Crippen MR) is 99.8 cm³/mol. The maximum absolute atomic E-state index is 12.1. The molecule has 1 aliphatic rings. The van der Waals surface area contributed by atoms with E-state index in [-0.39, 0.29) is 18.5 Å². The van der Waals surface area contributed by atoms with E-state index >= 15 is 0 Å². The average Bonchev–Trinajstić information content (AvgIpc) is 3.03. The quantitative estimate of drug-likeness (QED) is 0.742. The fraction of sp³-hybridized carbons (Fsp3) is 0.588. The first kappa shape index (κ1) is 19.8. The normalized spacial score (nSPS) is 15.2. The third-order valence-corrected chi connectivity index (χ3v) is 5.80. The van der Waals surface area contributed by atoms with Gasteiger partial charge in [0.1, 0.15) is 5.75 Å². The van der Waals surface area contributed by atoms with Gasteiger partial charge in [0, 0.05) is 19.0 Å². The van der Waals surface area contributed by atoms with Gasteiger partial charge in [-0.25, -0.2) is 8.42 Å². The summed E-state index contributed by atoms with van der Waals surface area (Å²) in [7, 11) is -1.97. The van der Waals surface area contributed by atoms with Crippen LogP contribution in [0.15, 0.2) is 18.2 Å². The smallest absolute Gasteiger partial charge is 0.232 e. The average molecular weight is 389 g/mol. The molecule has 1 aliphatic carbocycles. The van der Waals surface area contributed by atoms with Crippen molar-refractivity contribution < 1.29 is 17.9 Å². The molecule has 0 unspecified atom stereocenters. The lowest BCUT2D eigenvalue weighted by molar-refractivity contribution is -0.121. The van der Waals surface area contributed by atoms with Gasteiger partial charge < -0.3 is 10.1 Å². The lowest BCUT2D eigenvalue weighted by Crippen LogP contribution is -2.34. The van der Waals surface area contributed by atoms with Crippen molar-refractivity contribution in [1.82, 2.24) is 5.32 Å². The first-order valence-electron chi connectivity index (χ1n) is 8.42. The summed E-state index contributed by atoms with van der Waals surface area (Å²) in [4.78, 5) is 12.0. The molecule has 0 saturated heterocycles. The van der Waals surface area contributed by atoms with Gasteiger partial charge in [-0.15, -0.1) is 0 Å². The molecule has 0 atom stereocenters. The van der Waals surface area contributed by atoms with Crippen molar-refractivity contribution in [3.8, 4) is 5.75 Å². The summed E-state index contributed by atoms with van der Waals surface area (Å²) in [5.74, 6) is 0.461. The number of nitrogens with one attached hydrogen (secondary N) is 1. The number of anilines is 1. The van der Waals surface area contributed by atoms with Gasteiger partial charge in [0.05, 0.1) is 24.1 Å². The van der Waals surface area contributed by atoms with Crippen LogP contribution in [0.3, 0.4) is 0 Å². The predicted octanol–water partition coefficient (Wildman–Crippen LogP) is 2.95. The lowest BCUT2D eigenvalue weighted by Gasteiger charge is -2.23. The molecule has 2 rings (SSSR count). The second-order valence-electron chi connectivity index (χ2n) is 6.31. The Balaban J connectivity index is 1.96. The molecule has 0 aromatic heterocycles. The standard InChI is InChI=1S/C17H25ClN2O4S/c1-24-16-10-9-14(12-15(16)18)20(25(2,22)23)11-5-8-17(21)19-13-6-3-4-7-13/h9-10,12-13H,3-8,11H2,1-2H3,(H,19,21). The van der Waals surface area contributed by atoms with Gasteiger partial charge in [-0.05, 0) is 37.5 Å². The number of sulfonamides is 1. The molecule has 0 spiro atoms. The second kappa shape index (κ2) is 8.76. The van der Waals surface area contributed by atoms with Crippen LogP contribution in [0.5, 0.6) is 5.75 Å². The number of hydrogen-bond donors (Lipinski definition) is 1. The van der Waals surface area contributed by atoms with Crippen LogP contribution in [0, 0.1) is 0 Å². The minimum atomic E-state index is -3.47. The molecular weight excluding hydrogens is 364 g/mol. The van der Waals surface area contributed by atoms with Gasteiger partial charge in [-0.1, -0.05) is 24.4 Å². The van der Waals surface area contributed by atoms with Crippen LogP contribution < -0.4 is 14.4 Å². The number of amides is 1. The van der Waals surface area contributed by atoms with E-state index in [0.717, 1.165) is 31.9 Å². The Bertz CT molecular complexity index is 703. The molecule has 1 aromatic rings. The second-order valence-corrected chi connectivity index (χ2v) is 8.62. The van der Waals surface area contributed by atoms with E-state index in [9.17, 15) is 13.2 Å². The Morgan fingerprint density at radius 1 is 1.36 bits per heavy atom. The Morgan fingerprint density at radius 3 is 2.60 bits per heavy atom. The van der Waals surface area contributed by atoms with Crippen molar-refractivity contribution >= 4 is 33.2 Å². The van der Waals surface area contributed by atoms with E-state index in [4.69, 9.17) is 16.3 Å². The van der Waals surface area contributed by atoms with Crippen molar-refractivity contribution in [1.29, 1.82) is 0 Å². The van der Waals surface area contributed by atoms with E-state index in [1.54, 1.807) is 18.2 Å². The van der Waals surface area contributed by atoms with E-state index in [0.29, 0.717) is 29.3 Å². The summed E-state index contributed by atoms with van der Waals surface area (Å²) in [5, 5.41) is 3.35. The monoisotopic (exact) mass is 388 g/mol.